The van der Waals surface area contributed by atoms with Crippen molar-refractivity contribution in [3.05, 3.63) is 99.6 Å². The second-order valence-electron chi connectivity index (χ2n) is 10.6. The fraction of sp³-hybridized carbons (Fsp3) is 0.457. The molecule has 0 fully saturated rings. The predicted molar refractivity (Wildman–Crippen MR) is 187 cm³/mol. The van der Waals surface area contributed by atoms with Crippen LogP contribution in [0.5, 0.6) is 0 Å². The molecule has 3 aromatic rings. The molecule has 0 aliphatic heterocycles. The Hall–Kier alpha value is -1.26. The van der Waals surface area contributed by atoms with Crippen LogP contribution >= 0.6 is 27.2 Å². The molecule has 5 rings (SSSR count). The van der Waals surface area contributed by atoms with Gasteiger partial charge in [-0.3, -0.25) is 0 Å². The maximum absolute atomic E-state index is 5.00. The van der Waals surface area contributed by atoms with Crippen LogP contribution in [0, 0.1) is 8.03 Å². The van der Waals surface area contributed by atoms with Crippen molar-refractivity contribution in [2.24, 2.45) is 0 Å². The second-order valence-corrected chi connectivity index (χ2v) is 15.8. The molecule has 0 N–H and O–H groups in total. The van der Waals surface area contributed by atoms with Crippen molar-refractivity contribution < 1.29 is 29.4 Å². The van der Waals surface area contributed by atoms with Gasteiger partial charge in [-0.25, -0.2) is 0 Å². The van der Waals surface area contributed by atoms with Crippen LogP contribution in [0.3, 0.4) is 0 Å². The minimum atomic E-state index is 0.141. The summed E-state index contributed by atoms with van der Waals surface area (Å²) in [6.07, 6.45) is 41.4. The molecule has 9 heteroatoms. The van der Waals surface area contributed by atoms with Crippen molar-refractivity contribution >= 4 is 27.2 Å². The Balaban J connectivity index is 0.000000267. The van der Waals surface area contributed by atoms with Crippen LogP contribution in [-0.4, -0.2) is 23.3 Å². The average Bonchev–Trinajstić information content (AvgIpc) is 3.62. The third-order valence-electron chi connectivity index (χ3n) is 7.11. The molecule has 0 spiro atoms. The summed E-state index contributed by atoms with van der Waals surface area (Å²) in [5, 5.41) is 0. The Morgan fingerprint density at radius 3 is 1.20 bits per heavy atom. The van der Waals surface area contributed by atoms with Crippen molar-refractivity contribution in [3.8, 4) is 11.6 Å². The van der Waals surface area contributed by atoms with E-state index in [9.17, 15) is 0 Å². The number of hydrogen-bond acceptors (Lipinski definition) is 1. The van der Waals surface area contributed by atoms with Gasteiger partial charge in [0.25, 0.3) is 0 Å². The zero-order valence-electron chi connectivity index (χ0n) is 26.2. The molecular weight excluding hydrogens is 856 g/mol. The molecule has 3 heterocycles. The Morgan fingerprint density at radius 1 is 0.568 bits per heavy atom. The van der Waals surface area contributed by atoms with E-state index < -0.39 is 0 Å². The molecule has 0 aromatic carbocycles. The molecule has 246 valence electrons. The van der Waals surface area contributed by atoms with E-state index in [0.717, 1.165) is 24.7 Å². The number of imidazole rings is 2. The molecule has 0 saturated heterocycles. The third kappa shape index (κ3) is 12.9. The normalized spacial score (nSPS) is 19.1. The summed E-state index contributed by atoms with van der Waals surface area (Å²) >= 11 is 7.74. The first-order valence-electron chi connectivity index (χ1n) is 16.0. The van der Waals surface area contributed by atoms with Crippen LogP contribution < -0.4 is 0 Å². The van der Waals surface area contributed by atoms with Gasteiger partial charge >= 0.3 is 195 Å². The van der Waals surface area contributed by atoms with Gasteiger partial charge in [0.15, 0.2) is 0 Å². The fourth-order valence-electron chi connectivity index (χ4n) is 4.64. The first-order valence-corrected chi connectivity index (χ1v) is 25.1. The van der Waals surface area contributed by atoms with Crippen LogP contribution in [0.4, 0.5) is 0 Å². The van der Waals surface area contributed by atoms with Crippen LogP contribution in [0.1, 0.15) is 90.9 Å². The van der Waals surface area contributed by atoms with Crippen LogP contribution in [0.15, 0.2) is 91.6 Å². The number of allylic oxidation sites excluding steroid dienone is 8. The van der Waals surface area contributed by atoms with E-state index in [1.54, 1.807) is 0 Å². The summed E-state index contributed by atoms with van der Waals surface area (Å²) in [6.45, 7) is 6.57. The summed E-state index contributed by atoms with van der Waals surface area (Å²) < 4.78 is 11.7. The average molecular weight is 905 g/mol. The predicted octanol–water partition coefficient (Wildman–Crippen LogP) is 11.1. The number of aromatic nitrogens is 5. The Morgan fingerprint density at radius 2 is 0.909 bits per heavy atom. The second kappa shape index (κ2) is 23.1. The number of pyridine rings is 1. The van der Waals surface area contributed by atoms with E-state index in [1.165, 1.54) is 85.1 Å². The number of nitrogens with zero attached hydrogens (tertiary/aromatic N) is 5. The monoisotopic (exact) mass is 903 g/mol. The van der Waals surface area contributed by atoms with E-state index in [2.05, 4.69) is 151 Å². The number of rotatable bonds is 8. The Labute approximate surface area is 292 Å². The first-order chi connectivity index (χ1) is 21.7. The van der Waals surface area contributed by atoms with E-state index in [-0.39, 0.29) is 29.4 Å². The first kappa shape index (κ1) is 37.2. The summed E-state index contributed by atoms with van der Waals surface area (Å²) in [5.74, 6) is 1.93. The molecular formula is C35H49Br2N5Rh2. The molecule has 0 atom stereocenters. The van der Waals surface area contributed by atoms with Gasteiger partial charge in [-0.05, 0) is 51.4 Å². The number of hydrogen-bond donors (Lipinski definition) is 0. The van der Waals surface area contributed by atoms with Gasteiger partial charge in [0, 0.05) is 0 Å². The molecule has 44 heavy (non-hydrogen) atoms. The molecule has 0 saturated carbocycles. The fourth-order valence-corrected chi connectivity index (χ4v) is 9.83. The molecule has 0 amide bonds. The van der Waals surface area contributed by atoms with E-state index >= 15 is 0 Å². The van der Waals surface area contributed by atoms with Crippen molar-refractivity contribution in [2.45, 2.75) is 104 Å². The van der Waals surface area contributed by atoms with Gasteiger partial charge in [-0.2, -0.15) is 0 Å². The zero-order chi connectivity index (χ0) is 31.2. The van der Waals surface area contributed by atoms with Crippen LogP contribution in [0.25, 0.3) is 11.6 Å². The SMILES string of the molecule is C1=C\CC/C=C\CC/1.C1=C\CC/C=C\CC/1.CCCCn1ccn(-c2cccc(-n3ccn(CCCC)[c]3=[Rh][Br])n2)[c]1=[Rh][Br]. The number of aryl methyl sites for hydroxylation is 2. The van der Waals surface area contributed by atoms with Gasteiger partial charge in [0.2, 0.25) is 0 Å². The topological polar surface area (TPSA) is 32.6 Å². The van der Waals surface area contributed by atoms with E-state index in [1.807, 2.05) is 0 Å². The third-order valence-corrected chi connectivity index (χ3v) is 12.2. The van der Waals surface area contributed by atoms with Crippen molar-refractivity contribution in [1.82, 2.24) is 23.3 Å². The molecule has 5 nitrogen and oxygen atoms in total. The van der Waals surface area contributed by atoms with Gasteiger partial charge < -0.3 is 0 Å². The zero-order valence-corrected chi connectivity index (χ0v) is 32.7. The standard InChI is InChI=1S/C19H25N5.2C8H12.2BrH.2Rh/c1-3-5-10-21-12-14-23(16-21)18-8-7-9-19(20-18)24-15-13-22(17-24)11-6-4-2;2*1-2-4-6-8-7-5-3-1;;;;/h7-9,12-15H,3-6,10-11H2,1-2H3;2*1-2,7-8H,3-6H2;2*1H;;/q;;;;;2*+1/p-2/b;2*2-1-,8-7-;;;;. The van der Waals surface area contributed by atoms with Gasteiger partial charge in [-0.1, -0.05) is 48.6 Å². The number of halogens is 2. The summed E-state index contributed by atoms with van der Waals surface area (Å²) in [4.78, 5) is 5.00. The minimum absolute atomic E-state index is 0.141. The maximum atomic E-state index is 5.00. The van der Waals surface area contributed by atoms with Crippen LogP contribution in [-0.2, 0) is 42.5 Å². The quantitative estimate of drug-likeness (QED) is 0.164. The van der Waals surface area contributed by atoms with Gasteiger partial charge in [-0.15, -0.1) is 0 Å². The van der Waals surface area contributed by atoms with E-state index in [0.29, 0.717) is 0 Å². The van der Waals surface area contributed by atoms with Crippen LogP contribution in [0.2, 0.25) is 0 Å². The van der Waals surface area contributed by atoms with Crippen molar-refractivity contribution in [2.75, 3.05) is 0 Å². The molecule has 0 bridgehead atoms. The molecule has 2 aliphatic carbocycles. The van der Waals surface area contributed by atoms with Gasteiger partial charge in [0.1, 0.15) is 0 Å². The van der Waals surface area contributed by atoms with Crippen molar-refractivity contribution in [1.29, 1.82) is 0 Å². The molecule has 0 radical (unpaired) electrons. The van der Waals surface area contributed by atoms with Crippen molar-refractivity contribution in [3.63, 3.8) is 0 Å². The van der Waals surface area contributed by atoms with E-state index in [4.69, 9.17) is 4.98 Å². The Bertz CT molecular complexity index is 1330. The molecule has 0 unspecified atom stereocenters. The van der Waals surface area contributed by atoms with Gasteiger partial charge in [0.05, 0.1) is 0 Å². The molecule has 2 aliphatic rings. The summed E-state index contributed by atoms with van der Waals surface area (Å²) in [6, 6.07) is 6.28. The Kier molecular flexibility index (Phi) is 19.5. The summed E-state index contributed by atoms with van der Waals surface area (Å²) in [7, 11) is 0. The number of unbranched alkanes of at least 4 members (excludes halogenated alkanes) is 2. The summed E-state index contributed by atoms with van der Waals surface area (Å²) in [5.41, 5.74) is 0. The molecule has 3 aromatic heterocycles.